The summed E-state index contributed by atoms with van der Waals surface area (Å²) < 4.78 is 6.45. The lowest BCUT2D eigenvalue weighted by atomic mass is 9.80. The van der Waals surface area contributed by atoms with E-state index in [1.807, 2.05) is 0 Å². The smallest absolute Gasteiger partial charge is 0.262 e. The first-order valence-electron chi connectivity index (χ1n) is 11.5. The van der Waals surface area contributed by atoms with Gasteiger partial charge in [0.25, 0.3) is 17.7 Å². The molecule has 2 aromatic rings. The summed E-state index contributed by atoms with van der Waals surface area (Å²) >= 11 is 7.13. The summed E-state index contributed by atoms with van der Waals surface area (Å²) in [5, 5.41) is 5.84. The van der Waals surface area contributed by atoms with E-state index in [4.69, 9.17) is 16.3 Å². The topological polar surface area (TPSA) is 108 Å². The summed E-state index contributed by atoms with van der Waals surface area (Å²) in [7, 11) is 0. The zero-order chi connectivity index (χ0) is 24.6. The van der Waals surface area contributed by atoms with Crippen molar-refractivity contribution in [1.29, 1.82) is 0 Å². The van der Waals surface area contributed by atoms with Crippen molar-refractivity contribution in [3.63, 3.8) is 0 Å². The van der Waals surface area contributed by atoms with Crippen molar-refractivity contribution in [3.05, 3.63) is 51.2 Å². The maximum absolute atomic E-state index is 13.5. The largest absolute Gasteiger partial charge is 0.372 e. The third kappa shape index (κ3) is 4.65. The van der Waals surface area contributed by atoms with Crippen LogP contribution >= 0.6 is 22.9 Å². The molecule has 9 nitrogen and oxygen atoms in total. The number of thiophene rings is 1. The number of carbonyl (C=O) groups is 4. The number of rotatable bonds is 6. The summed E-state index contributed by atoms with van der Waals surface area (Å²) in [6, 6.07) is 9.97. The summed E-state index contributed by atoms with van der Waals surface area (Å²) in [4.78, 5) is 53.8. The highest BCUT2D eigenvalue weighted by atomic mass is 35.5. The molecule has 3 atom stereocenters. The van der Waals surface area contributed by atoms with Crippen LogP contribution in [0.15, 0.2) is 36.4 Å². The molecule has 3 aliphatic heterocycles. The normalized spacial score (nSPS) is 25.4. The predicted octanol–water partition coefficient (Wildman–Crippen LogP) is 2.37. The van der Waals surface area contributed by atoms with Gasteiger partial charge in [0.05, 0.1) is 21.4 Å². The number of benzene rings is 1. The summed E-state index contributed by atoms with van der Waals surface area (Å²) in [6.45, 7) is 1.99. The fourth-order valence-corrected chi connectivity index (χ4v) is 5.93. The first-order valence-corrected chi connectivity index (χ1v) is 12.7. The van der Waals surface area contributed by atoms with Crippen molar-refractivity contribution < 1.29 is 23.9 Å². The van der Waals surface area contributed by atoms with E-state index in [2.05, 4.69) is 10.6 Å². The first-order chi connectivity index (χ1) is 16.9. The van der Waals surface area contributed by atoms with Crippen LogP contribution in [-0.4, -0.2) is 77.9 Å². The van der Waals surface area contributed by atoms with E-state index in [-0.39, 0.29) is 23.8 Å². The average Bonchev–Trinajstić information content (AvgIpc) is 3.61. The lowest BCUT2D eigenvalue weighted by Gasteiger charge is -2.34. The molecular weight excluding hydrogens is 492 g/mol. The standard InChI is InChI=1S/C24H25ClN4O5S/c25-20-8-6-18(35-20)21(31)27-24(13-17-5-7-19(24)34-17)23(33)26-16-3-1-15(2-4-16)22(32)29-11-9-28(14-30)10-12-29/h1-4,6,8,14,17,19H,5,7,9-13H2,(H,26,33)(H,27,31). The molecule has 3 aliphatic rings. The maximum Gasteiger partial charge on any atom is 0.262 e. The van der Waals surface area contributed by atoms with Gasteiger partial charge >= 0.3 is 0 Å². The molecule has 1 aromatic heterocycles. The minimum absolute atomic E-state index is 0.0716. The van der Waals surface area contributed by atoms with Gasteiger partial charge in [0.15, 0.2) is 0 Å². The molecule has 5 rings (SSSR count). The molecule has 3 fully saturated rings. The zero-order valence-electron chi connectivity index (χ0n) is 18.9. The monoisotopic (exact) mass is 516 g/mol. The van der Waals surface area contributed by atoms with E-state index >= 15 is 0 Å². The molecule has 0 aliphatic carbocycles. The van der Waals surface area contributed by atoms with Gasteiger partial charge < -0.3 is 25.2 Å². The highest BCUT2D eigenvalue weighted by molar-refractivity contribution is 7.18. The van der Waals surface area contributed by atoms with Crippen molar-refractivity contribution in [2.24, 2.45) is 0 Å². The van der Waals surface area contributed by atoms with Crippen LogP contribution in [0.25, 0.3) is 0 Å². The number of hydrogen-bond donors (Lipinski definition) is 2. The van der Waals surface area contributed by atoms with Crippen LogP contribution in [0.5, 0.6) is 0 Å². The highest BCUT2D eigenvalue weighted by Crippen LogP contribution is 2.43. The van der Waals surface area contributed by atoms with Crippen molar-refractivity contribution in [1.82, 2.24) is 15.1 Å². The molecule has 2 bridgehead atoms. The number of amides is 4. The molecule has 184 valence electrons. The van der Waals surface area contributed by atoms with Gasteiger partial charge in [0.2, 0.25) is 6.41 Å². The lowest BCUT2D eigenvalue weighted by molar-refractivity contribution is -0.124. The van der Waals surface area contributed by atoms with Gasteiger partial charge in [-0.2, -0.15) is 0 Å². The van der Waals surface area contributed by atoms with Crippen molar-refractivity contribution >= 4 is 52.8 Å². The number of fused-ring (bicyclic) bond motifs is 2. The Labute approximate surface area is 211 Å². The van der Waals surface area contributed by atoms with Crippen molar-refractivity contribution in [2.45, 2.75) is 37.0 Å². The average molecular weight is 517 g/mol. The molecule has 4 heterocycles. The highest BCUT2D eigenvalue weighted by Gasteiger charge is 2.58. The van der Waals surface area contributed by atoms with Crippen LogP contribution in [0.1, 0.15) is 39.3 Å². The summed E-state index contributed by atoms with van der Waals surface area (Å²) in [5.74, 6) is -0.818. The third-order valence-corrected chi connectivity index (χ3v) is 8.12. The number of ether oxygens (including phenoxy) is 1. The number of piperazine rings is 1. The SMILES string of the molecule is O=CN1CCN(C(=O)c2ccc(NC(=O)C3(NC(=O)c4ccc(Cl)s4)CC4CCC3O4)cc2)CC1. The summed E-state index contributed by atoms with van der Waals surface area (Å²) in [5.41, 5.74) is -0.153. The molecule has 3 unspecified atom stereocenters. The molecule has 35 heavy (non-hydrogen) atoms. The first kappa shape index (κ1) is 23.8. The quantitative estimate of drug-likeness (QED) is 0.573. The molecule has 0 spiro atoms. The Morgan fingerprint density at radius 2 is 1.80 bits per heavy atom. The van der Waals surface area contributed by atoms with Gasteiger partial charge in [-0.3, -0.25) is 19.2 Å². The van der Waals surface area contributed by atoms with Gasteiger partial charge in [0.1, 0.15) is 5.54 Å². The predicted molar refractivity (Wildman–Crippen MR) is 131 cm³/mol. The number of anilines is 1. The van der Waals surface area contributed by atoms with E-state index in [1.54, 1.807) is 46.2 Å². The fraction of sp³-hybridized carbons (Fsp3) is 0.417. The molecule has 3 saturated heterocycles. The molecular formula is C24H25ClN4O5S. The minimum atomic E-state index is -1.18. The van der Waals surface area contributed by atoms with E-state index < -0.39 is 11.6 Å². The van der Waals surface area contributed by atoms with E-state index in [1.165, 1.54) is 0 Å². The number of carbonyl (C=O) groups excluding carboxylic acids is 4. The van der Waals surface area contributed by atoms with Gasteiger partial charge in [-0.25, -0.2) is 0 Å². The van der Waals surface area contributed by atoms with Crippen molar-refractivity contribution in [2.75, 3.05) is 31.5 Å². The van der Waals surface area contributed by atoms with E-state index in [0.717, 1.165) is 24.2 Å². The third-order valence-electron chi connectivity index (χ3n) is 6.89. The van der Waals surface area contributed by atoms with Crippen LogP contribution in [-0.2, 0) is 14.3 Å². The van der Waals surface area contributed by atoms with Crippen LogP contribution in [0, 0.1) is 0 Å². The van der Waals surface area contributed by atoms with Crippen LogP contribution in [0.3, 0.4) is 0 Å². The molecule has 1 aromatic carbocycles. The van der Waals surface area contributed by atoms with Crippen LogP contribution in [0.2, 0.25) is 4.34 Å². The van der Waals surface area contributed by atoms with E-state index in [9.17, 15) is 19.2 Å². The molecule has 11 heteroatoms. The Balaban J connectivity index is 1.27. The Kier molecular flexibility index (Phi) is 6.52. The van der Waals surface area contributed by atoms with Gasteiger partial charge in [-0.15, -0.1) is 11.3 Å². The Bertz CT molecular complexity index is 1150. The Morgan fingerprint density at radius 1 is 1.06 bits per heavy atom. The number of hydrogen-bond acceptors (Lipinski definition) is 6. The van der Waals surface area contributed by atoms with Gasteiger partial charge in [0, 0.05) is 43.9 Å². The van der Waals surface area contributed by atoms with Crippen LogP contribution in [0.4, 0.5) is 5.69 Å². The van der Waals surface area contributed by atoms with Crippen LogP contribution < -0.4 is 10.6 Å². The molecule has 4 amide bonds. The Hall–Kier alpha value is -2.95. The second kappa shape index (κ2) is 9.60. The van der Waals surface area contributed by atoms with Gasteiger partial charge in [-0.05, 0) is 49.2 Å². The number of nitrogens with zero attached hydrogens (tertiary/aromatic N) is 2. The van der Waals surface area contributed by atoms with Crippen molar-refractivity contribution in [3.8, 4) is 0 Å². The fourth-order valence-electron chi connectivity index (χ4n) is 4.99. The van der Waals surface area contributed by atoms with E-state index in [0.29, 0.717) is 59.5 Å². The second-order valence-corrected chi connectivity index (χ2v) is 10.7. The minimum Gasteiger partial charge on any atom is -0.372 e. The molecule has 0 radical (unpaired) electrons. The number of halogens is 1. The number of nitrogens with one attached hydrogen (secondary N) is 2. The molecule has 2 N–H and O–H groups in total. The zero-order valence-corrected chi connectivity index (χ0v) is 20.4. The second-order valence-electron chi connectivity index (χ2n) is 9.02. The molecule has 0 saturated carbocycles. The Morgan fingerprint density at radius 3 is 2.37 bits per heavy atom. The lowest BCUT2D eigenvalue weighted by Crippen LogP contribution is -2.62. The maximum atomic E-state index is 13.5. The summed E-state index contributed by atoms with van der Waals surface area (Å²) in [6.07, 6.45) is 2.27. The van der Waals surface area contributed by atoms with Gasteiger partial charge in [-0.1, -0.05) is 11.6 Å².